The van der Waals surface area contributed by atoms with Crippen molar-refractivity contribution in [2.45, 2.75) is 31.3 Å². The predicted molar refractivity (Wildman–Crippen MR) is 78.2 cm³/mol. The average Bonchev–Trinajstić information content (AvgIpc) is 3.27. The molecule has 2 N–H and O–H groups in total. The molecule has 3 amide bonds. The van der Waals surface area contributed by atoms with E-state index in [2.05, 4.69) is 5.32 Å². The maximum atomic E-state index is 12.3. The van der Waals surface area contributed by atoms with Crippen molar-refractivity contribution in [1.82, 2.24) is 10.2 Å². The molecule has 2 fully saturated rings. The normalized spacial score (nSPS) is 25.9. The Morgan fingerprint density at radius 2 is 2.04 bits per heavy atom. The zero-order chi connectivity index (χ0) is 16.6. The maximum absolute atomic E-state index is 12.3. The van der Waals surface area contributed by atoms with E-state index in [-0.39, 0.29) is 5.91 Å². The number of carboxylic acids is 1. The molecule has 1 saturated carbocycles. The molecule has 1 aromatic carbocycles. The number of imide groups is 1. The molecule has 1 aliphatic heterocycles. The molecule has 0 spiro atoms. The minimum atomic E-state index is -0.975. The van der Waals surface area contributed by atoms with Gasteiger partial charge in [0.1, 0.15) is 6.04 Å². The monoisotopic (exact) mass is 313 g/mol. The van der Waals surface area contributed by atoms with E-state index in [1.165, 1.54) is 0 Å². The molecule has 3 unspecified atom stereocenters. The Morgan fingerprint density at radius 1 is 1.35 bits per heavy atom. The van der Waals surface area contributed by atoms with Crippen molar-refractivity contribution in [3.05, 3.63) is 35.4 Å². The second-order valence-corrected chi connectivity index (χ2v) is 5.81. The van der Waals surface area contributed by atoms with Crippen LogP contribution in [0.4, 0.5) is 4.79 Å². The highest BCUT2D eigenvalue weighted by molar-refractivity contribution is 6.05. The highest BCUT2D eigenvalue weighted by Crippen LogP contribution is 2.37. The van der Waals surface area contributed by atoms with Crippen molar-refractivity contribution < 1.29 is 19.5 Å². The number of nitrogens with zero attached hydrogens (tertiary/aromatic N) is 2. The Balaban J connectivity index is 1.59. The van der Waals surface area contributed by atoms with E-state index in [4.69, 9.17) is 10.4 Å². The highest BCUT2D eigenvalue weighted by atomic mass is 16.4. The number of aryl methyl sites for hydroxylation is 1. The van der Waals surface area contributed by atoms with E-state index < -0.39 is 30.0 Å². The summed E-state index contributed by atoms with van der Waals surface area (Å²) in [7, 11) is 0. The summed E-state index contributed by atoms with van der Waals surface area (Å²) in [6, 6.07) is 7.45. The number of nitriles is 1. The summed E-state index contributed by atoms with van der Waals surface area (Å²) in [6.45, 7) is 0. The number of carbonyl (C=O) groups is 3. The number of aliphatic carboxylic acids is 1. The lowest BCUT2D eigenvalue weighted by Crippen LogP contribution is -2.35. The molecule has 3 atom stereocenters. The number of carboxylic acid groups (broad SMARTS) is 1. The van der Waals surface area contributed by atoms with Crippen LogP contribution in [-0.2, 0) is 16.0 Å². The Kier molecular flexibility index (Phi) is 3.74. The molecule has 7 nitrogen and oxygen atoms in total. The van der Waals surface area contributed by atoms with Crippen molar-refractivity contribution in [2.75, 3.05) is 0 Å². The lowest BCUT2D eigenvalue weighted by Gasteiger charge is -2.12. The standard InChI is InChI=1S/C16H15N3O4/c17-8-10-3-1-9(2-4-10)5-6-12-14(20)19(16(23)18-12)13-7-11(13)15(21)22/h1-4,11-13H,5-7H2,(H,18,23)(H,21,22). The quantitative estimate of drug-likeness (QED) is 0.784. The highest BCUT2D eigenvalue weighted by Gasteiger charge is 2.54. The molecular weight excluding hydrogens is 298 g/mol. The van der Waals surface area contributed by atoms with Crippen molar-refractivity contribution in [3.8, 4) is 6.07 Å². The van der Waals surface area contributed by atoms with Crippen molar-refractivity contribution in [2.24, 2.45) is 5.92 Å². The summed E-state index contributed by atoms with van der Waals surface area (Å²) in [5, 5.41) is 20.3. The lowest BCUT2D eigenvalue weighted by atomic mass is 10.0. The molecule has 118 valence electrons. The number of amides is 3. The van der Waals surface area contributed by atoms with Crippen LogP contribution in [0.3, 0.4) is 0 Å². The van der Waals surface area contributed by atoms with Crippen LogP contribution in [0.25, 0.3) is 0 Å². The summed E-state index contributed by atoms with van der Waals surface area (Å²) in [4.78, 5) is 36.2. The SMILES string of the molecule is N#Cc1ccc(CCC2NC(=O)N(C3CC3C(=O)O)C2=O)cc1. The number of benzene rings is 1. The Morgan fingerprint density at radius 3 is 2.61 bits per heavy atom. The van der Waals surface area contributed by atoms with Gasteiger partial charge < -0.3 is 10.4 Å². The van der Waals surface area contributed by atoms with Gasteiger partial charge in [-0.3, -0.25) is 14.5 Å². The molecule has 23 heavy (non-hydrogen) atoms. The fourth-order valence-corrected chi connectivity index (χ4v) is 2.85. The fraction of sp³-hybridized carbons (Fsp3) is 0.375. The van der Waals surface area contributed by atoms with Gasteiger partial charge in [0.15, 0.2) is 0 Å². The van der Waals surface area contributed by atoms with Gasteiger partial charge in [-0.25, -0.2) is 4.79 Å². The van der Waals surface area contributed by atoms with Gasteiger partial charge in [-0.05, 0) is 37.0 Å². The number of carbonyl (C=O) groups excluding carboxylic acids is 2. The third kappa shape index (κ3) is 2.88. The summed E-state index contributed by atoms with van der Waals surface area (Å²) >= 11 is 0. The van der Waals surface area contributed by atoms with Crippen LogP contribution < -0.4 is 5.32 Å². The minimum absolute atomic E-state index is 0.330. The van der Waals surface area contributed by atoms with Gasteiger partial charge in [-0.2, -0.15) is 5.26 Å². The van der Waals surface area contributed by atoms with E-state index in [1.54, 1.807) is 12.1 Å². The minimum Gasteiger partial charge on any atom is -0.481 e. The Bertz CT molecular complexity index is 707. The molecule has 2 aliphatic rings. The van der Waals surface area contributed by atoms with Crippen LogP contribution in [0, 0.1) is 17.2 Å². The number of urea groups is 1. The van der Waals surface area contributed by atoms with Crippen LogP contribution >= 0.6 is 0 Å². The molecule has 3 rings (SSSR count). The summed E-state index contributed by atoms with van der Waals surface area (Å²) in [6.07, 6.45) is 1.36. The molecule has 0 radical (unpaired) electrons. The number of hydrogen-bond acceptors (Lipinski definition) is 4. The van der Waals surface area contributed by atoms with Crippen LogP contribution in [0.15, 0.2) is 24.3 Å². The van der Waals surface area contributed by atoms with Crippen molar-refractivity contribution >= 4 is 17.9 Å². The van der Waals surface area contributed by atoms with Gasteiger partial charge in [0.25, 0.3) is 5.91 Å². The molecular formula is C16H15N3O4. The molecule has 0 aromatic heterocycles. The van der Waals surface area contributed by atoms with Gasteiger partial charge in [0.2, 0.25) is 0 Å². The first-order valence-corrected chi connectivity index (χ1v) is 7.36. The smallest absolute Gasteiger partial charge is 0.325 e. The lowest BCUT2D eigenvalue weighted by molar-refractivity contribution is -0.139. The van der Waals surface area contributed by atoms with E-state index in [1.807, 2.05) is 18.2 Å². The van der Waals surface area contributed by atoms with Crippen molar-refractivity contribution in [3.63, 3.8) is 0 Å². The Hall–Kier alpha value is -2.88. The largest absolute Gasteiger partial charge is 0.481 e. The van der Waals surface area contributed by atoms with E-state index in [0.717, 1.165) is 10.5 Å². The second-order valence-electron chi connectivity index (χ2n) is 5.81. The molecule has 1 saturated heterocycles. The second kappa shape index (κ2) is 5.72. The average molecular weight is 313 g/mol. The first kappa shape index (κ1) is 15.0. The number of rotatable bonds is 5. The summed E-state index contributed by atoms with van der Waals surface area (Å²) in [5.74, 6) is -1.96. The van der Waals surface area contributed by atoms with Crippen LogP contribution in [-0.4, -0.2) is 40.0 Å². The van der Waals surface area contributed by atoms with Gasteiger partial charge >= 0.3 is 12.0 Å². The zero-order valence-corrected chi connectivity index (χ0v) is 12.2. The van der Waals surface area contributed by atoms with E-state index in [9.17, 15) is 14.4 Å². The fourth-order valence-electron chi connectivity index (χ4n) is 2.85. The molecule has 1 aromatic rings. The third-order valence-electron chi connectivity index (χ3n) is 4.26. The number of nitrogens with one attached hydrogen (secondary N) is 1. The molecule has 7 heteroatoms. The van der Waals surface area contributed by atoms with Gasteiger partial charge in [0.05, 0.1) is 23.6 Å². The van der Waals surface area contributed by atoms with Crippen LogP contribution in [0.2, 0.25) is 0 Å². The van der Waals surface area contributed by atoms with Gasteiger partial charge in [0, 0.05) is 0 Å². The number of hydrogen-bond donors (Lipinski definition) is 2. The predicted octanol–water partition coefficient (Wildman–Crippen LogP) is 0.884. The first-order chi connectivity index (χ1) is 11.0. The Labute approximate surface area is 132 Å². The van der Waals surface area contributed by atoms with Gasteiger partial charge in [-0.15, -0.1) is 0 Å². The van der Waals surface area contributed by atoms with Crippen LogP contribution in [0.1, 0.15) is 24.0 Å². The summed E-state index contributed by atoms with van der Waals surface area (Å²) in [5.41, 5.74) is 1.54. The van der Waals surface area contributed by atoms with Crippen molar-refractivity contribution in [1.29, 1.82) is 5.26 Å². The summed E-state index contributed by atoms with van der Waals surface area (Å²) < 4.78 is 0. The molecule has 0 bridgehead atoms. The van der Waals surface area contributed by atoms with Gasteiger partial charge in [-0.1, -0.05) is 12.1 Å². The van der Waals surface area contributed by atoms with Crippen LogP contribution in [0.5, 0.6) is 0 Å². The maximum Gasteiger partial charge on any atom is 0.325 e. The van der Waals surface area contributed by atoms with E-state index >= 15 is 0 Å². The van der Waals surface area contributed by atoms with E-state index in [0.29, 0.717) is 24.8 Å². The third-order valence-corrected chi connectivity index (χ3v) is 4.26. The zero-order valence-electron chi connectivity index (χ0n) is 12.2. The first-order valence-electron chi connectivity index (χ1n) is 7.36. The topological polar surface area (TPSA) is 110 Å². The molecule has 1 aliphatic carbocycles. The molecule has 1 heterocycles.